The zero-order valence-electron chi connectivity index (χ0n) is 16.6. The van der Waals surface area contributed by atoms with Gasteiger partial charge in [-0.1, -0.05) is 12.1 Å². The van der Waals surface area contributed by atoms with Crippen molar-refractivity contribution in [1.82, 2.24) is 20.4 Å². The summed E-state index contributed by atoms with van der Waals surface area (Å²) in [4.78, 5) is 12.5. The molecule has 2 aromatic rings. The summed E-state index contributed by atoms with van der Waals surface area (Å²) in [6.07, 6.45) is 6.48. The maximum Gasteiger partial charge on any atom is 0.238 e. The van der Waals surface area contributed by atoms with Gasteiger partial charge in [0.1, 0.15) is 5.82 Å². The number of carbonyl (C=O) groups is 1. The number of nitrogens with two attached hydrogens (primary N) is 1. The molecule has 4 N–H and O–H groups in total. The summed E-state index contributed by atoms with van der Waals surface area (Å²) in [7, 11) is 1.64. The number of hydrogen-bond donors (Lipinski definition) is 3. The zero-order valence-corrected chi connectivity index (χ0v) is 16.6. The maximum atomic E-state index is 14.6. The van der Waals surface area contributed by atoms with E-state index >= 15 is 0 Å². The third-order valence-electron chi connectivity index (χ3n) is 5.95. The molecule has 0 spiro atoms. The summed E-state index contributed by atoms with van der Waals surface area (Å²) in [5.41, 5.74) is 8.16. The van der Waals surface area contributed by atoms with E-state index in [-0.39, 0.29) is 24.2 Å². The average Bonchev–Trinajstić information content (AvgIpc) is 3.44. The highest BCUT2D eigenvalue weighted by atomic mass is 19.1. The van der Waals surface area contributed by atoms with Gasteiger partial charge >= 0.3 is 0 Å². The fourth-order valence-corrected chi connectivity index (χ4v) is 4.42. The number of nitrogens with one attached hydrogen (secondary N) is 2. The highest BCUT2D eigenvalue weighted by Gasteiger charge is 2.42. The molecule has 2 aliphatic rings. The first-order valence-electron chi connectivity index (χ1n) is 10.2. The Hall–Kier alpha value is -2.29. The molecule has 2 fully saturated rings. The SMILES string of the molecule is COCCn1cc(-c2ccc(CC(N)NC(=O)[C@H]3N[C@@H]4CC[C@H]3C4)c(F)c2)cn1. The molecule has 8 heteroatoms. The van der Waals surface area contributed by atoms with Gasteiger partial charge < -0.3 is 21.1 Å². The third kappa shape index (κ3) is 4.49. The Labute approximate surface area is 169 Å². The zero-order chi connectivity index (χ0) is 20.4. The lowest BCUT2D eigenvalue weighted by Crippen LogP contribution is -2.53. The molecule has 4 rings (SSSR count). The average molecular weight is 401 g/mol. The molecule has 1 saturated carbocycles. The van der Waals surface area contributed by atoms with Gasteiger partial charge in [-0.3, -0.25) is 9.48 Å². The van der Waals surface area contributed by atoms with Crippen molar-refractivity contribution >= 4 is 5.91 Å². The number of nitrogens with zero attached hydrogens (tertiary/aromatic N) is 2. The fraction of sp³-hybridized carbons (Fsp3) is 0.524. The largest absolute Gasteiger partial charge is 0.383 e. The van der Waals surface area contributed by atoms with Crippen molar-refractivity contribution in [2.45, 2.75) is 50.5 Å². The molecule has 2 bridgehead atoms. The van der Waals surface area contributed by atoms with Crippen LogP contribution in [0.2, 0.25) is 0 Å². The third-order valence-corrected chi connectivity index (χ3v) is 5.95. The predicted octanol–water partition coefficient (Wildman–Crippen LogP) is 1.42. The van der Waals surface area contributed by atoms with E-state index in [1.54, 1.807) is 24.1 Å². The number of ether oxygens (including phenoxy) is 1. The van der Waals surface area contributed by atoms with E-state index in [1.165, 1.54) is 6.07 Å². The van der Waals surface area contributed by atoms with Crippen molar-refractivity contribution in [3.63, 3.8) is 0 Å². The first-order chi connectivity index (χ1) is 14.0. The Morgan fingerprint density at radius 1 is 1.45 bits per heavy atom. The summed E-state index contributed by atoms with van der Waals surface area (Å²) in [5, 5.41) is 10.4. The number of methoxy groups -OCH3 is 1. The van der Waals surface area contributed by atoms with Gasteiger partial charge in [0.05, 0.1) is 31.6 Å². The molecular weight excluding hydrogens is 373 g/mol. The smallest absolute Gasteiger partial charge is 0.238 e. The molecule has 156 valence electrons. The van der Waals surface area contributed by atoms with Gasteiger partial charge in [0, 0.05) is 31.3 Å². The molecule has 1 amide bonds. The minimum Gasteiger partial charge on any atom is -0.383 e. The number of amides is 1. The predicted molar refractivity (Wildman–Crippen MR) is 107 cm³/mol. The molecule has 1 aliphatic heterocycles. The first kappa shape index (κ1) is 20.0. The molecule has 4 atom stereocenters. The molecule has 1 saturated heterocycles. The lowest BCUT2D eigenvalue weighted by atomic mass is 9.99. The molecule has 2 heterocycles. The van der Waals surface area contributed by atoms with Crippen LogP contribution in [-0.2, 0) is 22.5 Å². The molecular formula is C21H28FN5O2. The molecule has 1 aromatic heterocycles. The molecule has 1 aliphatic carbocycles. The van der Waals surface area contributed by atoms with Crippen LogP contribution in [0.15, 0.2) is 30.6 Å². The van der Waals surface area contributed by atoms with Crippen molar-refractivity contribution in [1.29, 1.82) is 0 Å². The number of carbonyl (C=O) groups excluding carboxylic acids is 1. The number of rotatable bonds is 8. The van der Waals surface area contributed by atoms with Crippen LogP contribution in [0.1, 0.15) is 24.8 Å². The molecule has 1 unspecified atom stereocenters. The summed E-state index contributed by atoms with van der Waals surface area (Å²) in [6, 6.07) is 5.34. The van der Waals surface area contributed by atoms with E-state index in [0.29, 0.717) is 30.7 Å². The lowest BCUT2D eigenvalue weighted by molar-refractivity contribution is -0.124. The van der Waals surface area contributed by atoms with Crippen LogP contribution in [0.5, 0.6) is 0 Å². The van der Waals surface area contributed by atoms with E-state index < -0.39 is 6.17 Å². The van der Waals surface area contributed by atoms with Crippen LogP contribution >= 0.6 is 0 Å². The summed E-state index contributed by atoms with van der Waals surface area (Å²) in [6.45, 7) is 1.21. The number of halogens is 1. The van der Waals surface area contributed by atoms with Gasteiger partial charge in [-0.25, -0.2) is 4.39 Å². The van der Waals surface area contributed by atoms with E-state index in [2.05, 4.69) is 15.7 Å². The van der Waals surface area contributed by atoms with Crippen molar-refractivity contribution in [2.24, 2.45) is 11.7 Å². The van der Waals surface area contributed by atoms with E-state index in [0.717, 1.165) is 30.4 Å². The number of benzene rings is 1. The van der Waals surface area contributed by atoms with Gasteiger partial charge in [0.25, 0.3) is 0 Å². The Balaban J connectivity index is 1.35. The van der Waals surface area contributed by atoms with Crippen molar-refractivity contribution in [2.75, 3.05) is 13.7 Å². The van der Waals surface area contributed by atoms with Gasteiger partial charge in [-0.15, -0.1) is 0 Å². The van der Waals surface area contributed by atoms with Crippen molar-refractivity contribution < 1.29 is 13.9 Å². The maximum absolute atomic E-state index is 14.6. The quantitative estimate of drug-likeness (QED) is 0.582. The van der Waals surface area contributed by atoms with Crippen LogP contribution < -0.4 is 16.4 Å². The number of piperidine rings is 1. The summed E-state index contributed by atoms with van der Waals surface area (Å²) >= 11 is 0. The standard InChI is InChI=1S/C21H28FN5O2/c1-29-7-6-27-12-16(11-24-27)13-2-3-14(18(22)9-13)10-19(23)26-21(28)20-15-4-5-17(8-15)25-20/h2-3,9,11-12,15,17,19-20,25H,4-8,10,23H2,1H3,(H,26,28)/t15-,17+,19?,20-/m0/s1. The van der Waals surface area contributed by atoms with Crippen LogP contribution in [0.4, 0.5) is 4.39 Å². The monoisotopic (exact) mass is 401 g/mol. The minimum atomic E-state index is -0.624. The van der Waals surface area contributed by atoms with E-state index in [1.807, 2.05) is 12.3 Å². The van der Waals surface area contributed by atoms with Gasteiger partial charge in [-0.2, -0.15) is 5.10 Å². The second-order valence-electron chi connectivity index (χ2n) is 8.02. The number of hydrogen-bond acceptors (Lipinski definition) is 5. The van der Waals surface area contributed by atoms with E-state index in [4.69, 9.17) is 10.5 Å². The highest BCUT2D eigenvalue weighted by Crippen LogP contribution is 2.35. The van der Waals surface area contributed by atoms with Gasteiger partial charge in [0.15, 0.2) is 0 Å². The summed E-state index contributed by atoms with van der Waals surface area (Å²) in [5.74, 6) is -0.0203. The van der Waals surface area contributed by atoms with Crippen LogP contribution in [-0.4, -0.2) is 47.7 Å². The molecule has 1 aromatic carbocycles. The molecule has 0 radical (unpaired) electrons. The molecule has 29 heavy (non-hydrogen) atoms. The number of aromatic nitrogens is 2. The lowest BCUT2D eigenvalue weighted by Gasteiger charge is -2.24. The number of fused-ring (bicyclic) bond motifs is 2. The minimum absolute atomic E-state index is 0.0785. The van der Waals surface area contributed by atoms with Crippen molar-refractivity contribution in [3.05, 3.63) is 42.0 Å². The van der Waals surface area contributed by atoms with E-state index in [9.17, 15) is 9.18 Å². The Morgan fingerprint density at radius 2 is 2.31 bits per heavy atom. The van der Waals surface area contributed by atoms with Crippen molar-refractivity contribution in [3.8, 4) is 11.1 Å². The topological polar surface area (TPSA) is 94.2 Å². The first-order valence-corrected chi connectivity index (χ1v) is 10.2. The summed E-state index contributed by atoms with van der Waals surface area (Å²) < 4.78 is 21.4. The van der Waals surface area contributed by atoms with Gasteiger partial charge in [-0.05, 0) is 42.4 Å². The second kappa shape index (κ2) is 8.61. The highest BCUT2D eigenvalue weighted by molar-refractivity contribution is 5.83. The fourth-order valence-electron chi connectivity index (χ4n) is 4.42. The van der Waals surface area contributed by atoms with Crippen LogP contribution in [0, 0.1) is 11.7 Å². The normalized spacial score (nSPS) is 24.0. The Morgan fingerprint density at radius 3 is 3.00 bits per heavy atom. The van der Waals surface area contributed by atoms with Crippen LogP contribution in [0.3, 0.4) is 0 Å². The van der Waals surface area contributed by atoms with Gasteiger partial charge in [0.2, 0.25) is 5.91 Å². The second-order valence-corrected chi connectivity index (χ2v) is 8.02. The molecule has 7 nitrogen and oxygen atoms in total. The Kier molecular flexibility index (Phi) is 5.94. The Bertz CT molecular complexity index is 871. The van der Waals surface area contributed by atoms with Crippen LogP contribution in [0.25, 0.3) is 11.1 Å².